The molecule has 2 amide bonds. The Bertz CT molecular complexity index is 4680. The summed E-state index contributed by atoms with van der Waals surface area (Å²) in [7, 11) is -8.47. The van der Waals surface area contributed by atoms with E-state index < -0.39 is 54.0 Å². The molecule has 3 aromatic heterocycles. The fourth-order valence-corrected chi connectivity index (χ4v) is 11.2. The molecule has 616 valence electrons. The van der Waals surface area contributed by atoms with E-state index in [0.29, 0.717) is 107 Å². The molecule has 0 radical (unpaired) electrons. The number of aromatic nitrogens is 3. The molecule has 2 fully saturated rings. The molecule has 0 saturated carbocycles. The van der Waals surface area contributed by atoms with Crippen molar-refractivity contribution in [3.63, 3.8) is 0 Å². The van der Waals surface area contributed by atoms with E-state index in [1.54, 1.807) is 58.3 Å². The first-order valence-corrected chi connectivity index (χ1v) is 40.6. The molecule has 114 heavy (non-hydrogen) atoms. The summed E-state index contributed by atoms with van der Waals surface area (Å²) in [5, 5.41) is 6.53. The Hall–Kier alpha value is -10.7. The van der Waals surface area contributed by atoms with Crippen molar-refractivity contribution in [1.29, 1.82) is 0 Å². The van der Waals surface area contributed by atoms with E-state index >= 15 is 0 Å². The predicted octanol–water partition coefficient (Wildman–Crippen LogP) is 7.69. The van der Waals surface area contributed by atoms with Crippen LogP contribution in [-0.2, 0) is 78.9 Å². The smallest absolute Gasteiger partial charge is 0.425 e. The SMILES string of the molecule is CC(C)(C)OC(=O)N1CCNCCNCC1.CCCOc1ccc(C#Cc2cc(CN3CCN(Cc4cc(C#Cc5ccc(OCCCS(=O)(=O)O)cc5)cc(C)n4)CCN(C(=O)OC(C)(C)C)CC3)nc(C(=O)OC)c2)cc1.CCc1cc(C#Cc2ccc(OCCCS(=O)(=O)O)cc2)cc(C(=O)OC)n1.O=C=O.O=S(=O)=O. The van der Waals surface area contributed by atoms with Gasteiger partial charge in [0.05, 0.1) is 56.9 Å². The molecule has 2 saturated heterocycles. The quantitative estimate of drug-likeness (QED) is 0.0187. The molecule has 0 spiro atoms. The number of nitrogens with one attached hydrogen (secondary N) is 2. The monoisotopic (exact) mass is 1640 g/mol. The number of amides is 2. The number of nitrogens with zero attached hydrogens (tertiary/aromatic N) is 7. The third kappa shape index (κ3) is 41.7. The van der Waals surface area contributed by atoms with E-state index in [1.807, 2.05) is 116 Å². The molecule has 0 atom stereocenters. The Morgan fingerprint density at radius 3 is 1.15 bits per heavy atom. The van der Waals surface area contributed by atoms with Crippen molar-refractivity contribution in [2.45, 2.75) is 112 Å². The van der Waals surface area contributed by atoms with Gasteiger partial charge in [0.2, 0.25) is 0 Å². The van der Waals surface area contributed by atoms with Crippen LogP contribution in [0, 0.1) is 42.4 Å². The van der Waals surface area contributed by atoms with Crippen LogP contribution in [0.5, 0.6) is 17.2 Å². The molecule has 0 unspecified atom stereocenters. The zero-order valence-electron chi connectivity index (χ0n) is 66.1. The first kappa shape index (κ1) is 95.7. The number of pyridine rings is 3. The van der Waals surface area contributed by atoms with Crippen molar-refractivity contribution in [1.82, 2.24) is 45.2 Å². The van der Waals surface area contributed by atoms with Crippen LogP contribution in [0.25, 0.3) is 0 Å². The average molecular weight is 1640 g/mol. The summed E-state index contributed by atoms with van der Waals surface area (Å²) in [5.74, 6) is 19.0. The maximum absolute atomic E-state index is 13.5. The second kappa shape index (κ2) is 49.7. The molecular formula is C80H101N9O22S3. The van der Waals surface area contributed by atoms with Crippen LogP contribution in [0.4, 0.5) is 9.59 Å². The summed E-state index contributed by atoms with van der Waals surface area (Å²) in [6.07, 6.45) is 1.60. The third-order valence-electron chi connectivity index (χ3n) is 15.4. The van der Waals surface area contributed by atoms with Crippen molar-refractivity contribution < 1.29 is 100 Å². The molecule has 6 aromatic rings. The first-order valence-electron chi connectivity index (χ1n) is 36.4. The fourth-order valence-electron chi connectivity index (χ4n) is 10.2. The lowest BCUT2D eigenvalue weighted by Gasteiger charge is -2.29. The van der Waals surface area contributed by atoms with Gasteiger partial charge in [0, 0.05) is 136 Å². The van der Waals surface area contributed by atoms with Crippen molar-refractivity contribution in [3.05, 3.63) is 177 Å². The number of methoxy groups -OCH3 is 2. The van der Waals surface area contributed by atoms with E-state index in [4.69, 9.17) is 69.5 Å². The second-order valence-corrected chi connectivity index (χ2v) is 30.8. The summed E-state index contributed by atoms with van der Waals surface area (Å²) in [4.78, 5) is 87.8. The van der Waals surface area contributed by atoms with Crippen LogP contribution >= 0.6 is 0 Å². The Labute approximate surface area is 669 Å². The van der Waals surface area contributed by atoms with Gasteiger partial charge in [-0.1, -0.05) is 49.4 Å². The average Bonchev–Trinajstić information content (AvgIpc) is 1.19. The molecule has 34 heteroatoms. The Kier molecular flexibility index (Phi) is 41.8. The number of rotatable bonds is 20. The van der Waals surface area contributed by atoms with Gasteiger partial charge in [0.25, 0.3) is 20.2 Å². The zero-order valence-corrected chi connectivity index (χ0v) is 68.5. The van der Waals surface area contributed by atoms with Gasteiger partial charge in [-0.05, 0) is 183 Å². The highest BCUT2D eigenvalue weighted by atomic mass is 32.2. The molecule has 31 nitrogen and oxygen atoms in total. The lowest BCUT2D eigenvalue weighted by molar-refractivity contribution is -0.191. The van der Waals surface area contributed by atoms with Crippen LogP contribution in [0.3, 0.4) is 0 Å². The number of esters is 2. The molecule has 2 aliphatic rings. The number of hydrogen-bond acceptors (Lipinski definition) is 27. The summed E-state index contributed by atoms with van der Waals surface area (Å²) in [6, 6.07) is 32.6. The van der Waals surface area contributed by atoms with Crippen molar-refractivity contribution in [3.8, 4) is 52.8 Å². The maximum Gasteiger partial charge on any atom is 0.425 e. The first-order chi connectivity index (χ1) is 54.0. The van der Waals surface area contributed by atoms with E-state index in [1.165, 1.54) is 14.2 Å². The topological polar surface area (TPSA) is 403 Å². The molecule has 4 N–H and O–H groups in total. The van der Waals surface area contributed by atoms with Crippen LogP contribution < -0.4 is 24.8 Å². The lowest BCUT2D eigenvalue weighted by Crippen LogP contribution is -2.42. The number of ether oxygens (including phenoxy) is 7. The van der Waals surface area contributed by atoms with Crippen molar-refractivity contribution >= 4 is 61.1 Å². The third-order valence-corrected chi connectivity index (χ3v) is 17.0. The Balaban J connectivity index is 0.000000435. The van der Waals surface area contributed by atoms with Gasteiger partial charge in [-0.15, -0.1) is 12.6 Å². The van der Waals surface area contributed by atoms with Crippen LogP contribution in [-0.4, -0.2) is 239 Å². The lowest BCUT2D eigenvalue weighted by atomic mass is 10.1. The standard InChI is InChI=1S/C48H57N5O9S.C20H21NO6S.C11H23N3O2.CO2.O3S/c1-7-27-60-43-17-13-38(14-18-43)10-12-40-32-42(50-45(33-40)46(54)59-6)35-52-22-21-51(23-25-53(26-24-52)47(55)62-48(3,4)5)34-41-31-39(30-36(2)49-41)11-9-37-15-19-44(20-16-37)61-28-8-29-63(56,57)58;1-3-17-13-16(14-19(21-17)20(22)26-2)6-5-15-7-9-18(10-8-15)27-11-4-12-28(23,24)25;1-11(2,3)16-10(15)14-8-6-12-4-5-13-7-9-14;2-1-3;1-4(2)3/h13-20,30-33H,7-8,21-29,34-35H2,1-6H3,(H,56,57,58);7-10,13-14H,3-4,11-12H2,1-2H3,(H,23,24,25);12-13H,4-9H2,1-3H3;;. The van der Waals surface area contributed by atoms with Gasteiger partial charge in [-0.2, -0.15) is 26.4 Å². The van der Waals surface area contributed by atoms with Gasteiger partial charge in [-0.3, -0.25) is 23.9 Å². The van der Waals surface area contributed by atoms with Crippen LogP contribution in [0.15, 0.2) is 109 Å². The minimum absolute atomic E-state index is 0.156. The minimum Gasteiger partial charge on any atom is -0.494 e. The van der Waals surface area contributed by atoms with E-state index in [-0.39, 0.29) is 67.3 Å². The summed E-state index contributed by atoms with van der Waals surface area (Å²) < 4.78 is 124. The molecule has 2 aliphatic heterocycles. The zero-order chi connectivity index (χ0) is 84.3. The molecule has 3 aromatic carbocycles. The summed E-state index contributed by atoms with van der Waals surface area (Å²) in [6.45, 7) is 27.2. The number of carbonyl (C=O) groups excluding carboxylic acids is 6. The predicted molar refractivity (Wildman–Crippen MR) is 422 cm³/mol. The van der Waals surface area contributed by atoms with Crippen LogP contribution in [0.1, 0.15) is 152 Å². The maximum atomic E-state index is 13.5. The van der Waals surface area contributed by atoms with Crippen molar-refractivity contribution in [2.24, 2.45) is 0 Å². The molecular weight excluding hydrogens is 1540 g/mol. The normalized spacial score (nSPS) is 13.3. The van der Waals surface area contributed by atoms with E-state index in [0.717, 1.165) is 77.7 Å². The largest absolute Gasteiger partial charge is 0.494 e. The highest BCUT2D eigenvalue weighted by Gasteiger charge is 2.27. The van der Waals surface area contributed by atoms with Gasteiger partial charge in [0.1, 0.15) is 39.8 Å². The summed E-state index contributed by atoms with van der Waals surface area (Å²) in [5.41, 5.74) is 6.75. The van der Waals surface area contributed by atoms with Gasteiger partial charge in [0.15, 0.2) is 0 Å². The minimum atomic E-state index is -4.02. The highest BCUT2D eigenvalue weighted by molar-refractivity contribution is 7.86. The Morgan fingerprint density at radius 2 is 0.798 bits per heavy atom. The number of carbonyl (C=O) groups is 4. The number of benzene rings is 3. The fraction of sp³-hybridized carbons (Fsp3) is 0.450. The van der Waals surface area contributed by atoms with E-state index in [2.05, 4.69) is 72.8 Å². The molecule has 0 aliphatic carbocycles. The molecule has 0 bridgehead atoms. The van der Waals surface area contributed by atoms with Crippen LogP contribution in [0.2, 0.25) is 0 Å². The second-order valence-electron chi connectivity index (χ2n) is 27.2. The Morgan fingerprint density at radius 1 is 0.474 bits per heavy atom. The van der Waals surface area contributed by atoms with Gasteiger partial charge < -0.3 is 53.6 Å². The molecule has 8 rings (SSSR count). The van der Waals surface area contributed by atoms with Crippen molar-refractivity contribution in [2.75, 3.05) is 124 Å². The number of aryl methyl sites for hydroxylation is 2. The number of hydrogen-bond donors (Lipinski definition) is 4. The van der Waals surface area contributed by atoms with Gasteiger partial charge >= 0.3 is 40.9 Å². The van der Waals surface area contributed by atoms with E-state index in [9.17, 15) is 36.0 Å². The van der Waals surface area contributed by atoms with Gasteiger partial charge in [-0.25, -0.2) is 29.1 Å². The molecule has 5 heterocycles. The summed E-state index contributed by atoms with van der Waals surface area (Å²) >= 11 is 0. The highest BCUT2D eigenvalue weighted by Crippen LogP contribution is 2.20.